The average Bonchev–Trinajstić information content (AvgIpc) is 3.49. The zero-order chi connectivity index (χ0) is 24.0. The largest absolute Gasteiger partial charge is 0.467 e. The normalized spacial score (nSPS) is 12.1. The maximum Gasteiger partial charge on any atom is 0.261 e. The van der Waals surface area contributed by atoms with Crippen LogP contribution >= 0.6 is 22.9 Å². The highest BCUT2D eigenvalue weighted by Gasteiger charge is 2.36. The standard InChI is InChI=1S/C24H26ClN3O4S/c1-4-24(2,3)27-23(31)21(18-10-6-12-32-18)28(17-9-5-8-16(25)14-17)20(29)15-26-22(30)19-11-7-13-33-19/h5-14,21H,4,15H2,1-3H3,(H,26,30)(H,27,31). The molecule has 9 heteroatoms. The van der Waals surface area contributed by atoms with Crippen LogP contribution in [0.25, 0.3) is 0 Å². The van der Waals surface area contributed by atoms with E-state index in [0.717, 1.165) is 0 Å². The molecular formula is C24H26ClN3O4S. The van der Waals surface area contributed by atoms with Gasteiger partial charge in [0.15, 0.2) is 6.04 Å². The molecule has 1 aromatic carbocycles. The third-order valence-electron chi connectivity index (χ3n) is 5.16. The molecule has 33 heavy (non-hydrogen) atoms. The topological polar surface area (TPSA) is 91.7 Å². The minimum absolute atomic E-state index is 0.289. The van der Waals surface area contributed by atoms with E-state index in [1.54, 1.807) is 53.9 Å². The molecule has 2 heterocycles. The number of hydrogen-bond donors (Lipinski definition) is 2. The highest BCUT2D eigenvalue weighted by atomic mass is 35.5. The molecule has 0 spiro atoms. The van der Waals surface area contributed by atoms with Gasteiger partial charge in [0.25, 0.3) is 11.8 Å². The van der Waals surface area contributed by atoms with E-state index in [1.807, 2.05) is 20.8 Å². The number of halogens is 1. The molecule has 2 aromatic heterocycles. The summed E-state index contributed by atoms with van der Waals surface area (Å²) in [5.74, 6) is -0.976. The van der Waals surface area contributed by atoms with Crippen LogP contribution in [0.15, 0.2) is 64.6 Å². The van der Waals surface area contributed by atoms with Gasteiger partial charge in [-0.1, -0.05) is 30.7 Å². The van der Waals surface area contributed by atoms with E-state index in [9.17, 15) is 14.4 Å². The molecule has 2 N–H and O–H groups in total. The Kier molecular flexibility index (Phi) is 7.94. The summed E-state index contributed by atoms with van der Waals surface area (Å²) >= 11 is 7.47. The zero-order valence-electron chi connectivity index (χ0n) is 18.6. The van der Waals surface area contributed by atoms with Gasteiger partial charge in [0, 0.05) is 16.2 Å². The Bertz CT molecular complexity index is 1100. The SMILES string of the molecule is CCC(C)(C)NC(=O)C(c1ccco1)N(C(=O)CNC(=O)c1cccs1)c1cccc(Cl)c1. The lowest BCUT2D eigenvalue weighted by molar-refractivity contribution is -0.128. The molecule has 3 aromatic rings. The van der Waals surface area contributed by atoms with Gasteiger partial charge in [0.2, 0.25) is 5.91 Å². The molecule has 1 atom stereocenters. The molecule has 1 unspecified atom stereocenters. The van der Waals surface area contributed by atoms with Gasteiger partial charge in [0.05, 0.1) is 17.7 Å². The highest BCUT2D eigenvalue weighted by molar-refractivity contribution is 7.12. The summed E-state index contributed by atoms with van der Waals surface area (Å²) in [6.45, 7) is 5.45. The number of rotatable bonds is 9. The monoisotopic (exact) mass is 487 g/mol. The number of anilines is 1. The quantitative estimate of drug-likeness (QED) is 0.453. The number of carbonyl (C=O) groups excluding carboxylic acids is 3. The first-order valence-corrected chi connectivity index (χ1v) is 11.7. The molecule has 0 saturated heterocycles. The predicted octanol–water partition coefficient (Wildman–Crippen LogP) is 4.80. The maximum atomic E-state index is 13.5. The van der Waals surface area contributed by atoms with Crippen molar-refractivity contribution < 1.29 is 18.8 Å². The van der Waals surface area contributed by atoms with Crippen LogP contribution in [0.2, 0.25) is 5.02 Å². The first-order valence-electron chi connectivity index (χ1n) is 10.5. The second-order valence-electron chi connectivity index (χ2n) is 8.05. The van der Waals surface area contributed by atoms with Gasteiger partial charge in [-0.3, -0.25) is 19.3 Å². The van der Waals surface area contributed by atoms with E-state index < -0.39 is 23.4 Å². The Morgan fingerprint density at radius 2 is 1.94 bits per heavy atom. The number of nitrogens with zero attached hydrogens (tertiary/aromatic N) is 1. The van der Waals surface area contributed by atoms with Gasteiger partial charge in [-0.2, -0.15) is 0 Å². The minimum atomic E-state index is -1.10. The number of furan rings is 1. The van der Waals surface area contributed by atoms with Crippen LogP contribution in [0, 0.1) is 0 Å². The lowest BCUT2D eigenvalue weighted by atomic mass is 10.0. The average molecular weight is 488 g/mol. The van der Waals surface area contributed by atoms with E-state index in [2.05, 4.69) is 10.6 Å². The maximum absolute atomic E-state index is 13.5. The lowest BCUT2D eigenvalue weighted by Crippen LogP contribution is -2.52. The van der Waals surface area contributed by atoms with Gasteiger partial charge in [-0.05, 0) is 62.0 Å². The summed E-state index contributed by atoms with van der Waals surface area (Å²) in [5, 5.41) is 7.81. The minimum Gasteiger partial charge on any atom is -0.467 e. The van der Waals surface area contributed by atoms with Crippen LogP contribution in [0.1, 0.15) is 48.7 Å². The number of hydrogen-bond acceptors (Lipinski definition) is 5. The molecule has 0 radical (unpaired) electrons. The first kappa shape index (κ1) is 24.5. The van der Waals surface area contributed by atoms with Crippen LogP contribution < -0.4 is 15.5 Å². The first-order chi connectivity index (χ1) is 15.7. The van der Waals surface area contributed by atoms with Crippen molar-refractivity contribution in [2.24, 2.45) is 0 Å². The number of benzene rings is 1. The van der Waals surface area contributed by atoms with E-state index in [1.165, 1.54) is 22.5 Å². The summed E-state index contributed by atoms with van der Waals surface area (Å²) in [6.07, 6.45) is 2.13. The molecule has 3 amide bonds. The fourth-order valence-corrected chi connectivity index (χ4v) is 3.93. The molecule has 3 rings (SSSR count). The Morgan fingerprint density at radius 3 is 2.55 bits per heavy atom. The summed E-state index contributed by atoms with van der Waals surface area (Å²) in [5.41, 5.74) is -0.0954. The van der Waals surface area contributed by atoms with Crippen molar-refractivity contribution in [1.82, 2.24) is 10.6 Å². The van der Waals surface area contributed by atoms with Crippen molar-refractivity contribution in [1.29, 1.82) is 0 Å². The third kappa shape index (κ3) is 6.24. The van der Waals surface area contributed by atoms with E-state index in [4.69, 9.17) is 16.0 Å². The van der Waals surface area contributed by atoms with Crippen LogP contribution in [0.4, 0.5) is 5.69 Å². The van der Waals surface area contributed by atoms with Crippen molar-refractivity contribution in [2.75, 3.05) is 11.4 Å². The Morgan fingerprint density at radius 1 is 1.15 bits per heavy atom. The van der Waals surface area contributed by atoms with E-state index >= 15 is 0 Å². The van der Waals surface area contributed by atoms with E-state index in [0.29, 0.717) is 22.0 Å². The van der Waals surface area contributed by atoms with Crippen molar-refractivity contribution in [3.8, 4) is 0 Å². The molecule has 0 aliphatic heterocycles. The van der Waals surface area contributed by atoms with Crippen molar-refractivity contribution in [2.45, 2.75) is 38.8 Å². The van der Waals surface area contributed by atoms with Crippen molar-refractivity contribution in [3.63, 3.8) is 0 Å². The second-order valence-corrected chi connectivity index (χ2v) is 9.43. The number of amides is 3. The van der Waals surface area contributed by atoms with E-state index in [-0.39, 0.29) is 18.2 Å². The third-order valence-corrected chi connectivity index (χ3v) is 6.27. The predicted molar refractivity (Wildman–Crippen MR) is 130 cm³/mol. The fraction of sp³-hybridized carbons (Fsp3) is 0.292. The highest BCUT2D eigenvalue weighted by Crippen LogP contribution is 2.30. The van der Waals surface area contributed by atoms with Crippen LogP contribution in [0.5, 0.6) is 0 Å². The number of nitrogens with one attached hydrogen (secondary N) is 2. The summed E-state index contributed by atoms with van der Waals surface area (Å²) in [6, 6.07) is 12.3. The fourth-order valence-electron chi connectivity index (χ4n) is 3.11. The molecule has 0 fully saturated rings. The molecule has 7 nitrogen and oxygen atoms in total. The van der Waals surface area contributed by atoms with Gasteiger partial charge < -0.3 is 15.1 Å². The Labute approximate surface area is 201 Å². The molecule has 0 aliphatic carbocycles. The molecule has 0 aliphatic rings. The summed E-state index contributed by atoms with van der Waals surface area (Å²) in [7, 11) is 0. The Hall–Kier alpha value is -3.10. The molecule has 0 saturated carbocycles. The molecule has 0 bridgehead atoms. The summed E-state index contributed by atoms with van der Waals surface area (Å²) in [4.78, 5) is 41.1. The van der Waals surface area contributed by atoms with Gasteiger partial charge in [-0.25, -0.2) is 0 Å². The molecular weight excluding hydrogens is 462 g/mol. The summed E-state index contributed by atoms with van der Waals surface area (Å²) < 4.78 is 5.56. The van der Waals surface area contributed by atoms with Crippen LogP contribution in [-0.2, 0) is 9.59 Å². The van der Waals surface area contributed by atoms with Gasteiger partial charge >= 0.3 is 0 Å². The van der Waals surface area contributed by atoms with Crippen LogP contribution in [-0.4, -0.2) is 29.8 Å². The Balaban J connectivity index is 1.97. The smallest absolute Gasteiger partial charge is 0.261 e. The van der Waals surface area contributed by atoms with Crippen molar-refractivity contribution >= 4 is 46.3 Å². The second kappa shape index (κ2) is 10.7. The van der Waals surface area contributed by atoms with Gasteiger partial charge in [-0.15, -0.1) is 11.3 Å². The lowest BCUT2D eigenvalue weighted by Gasteiger charge is -2.33. The van der Waals surface area contributed by atoms with Gasteiger partial charge in [0.1, 0.15) is 5.76 Å². The number of carbonyl (C=O) groups is 3. The zero-order valence-corrected chi connectivity index (χ0v) is 20.2. The van der Waals surface area contributed by atoms with Crippen molar-refractivity contribution in [3.05, 3.63) is 75.8 Å². The molecule has 174 valence electrons. The number of thiophene rings is 1. The van der Waals surface area contributed by atoms with Crippen LogP contribution in [0.3, 0.4) is 0 Å².